The summed E-state index contributed by atoms with van der Waals surface area (Å²) in [6.07, 6.45) is 1.52. The Hall–Kier alpha value is -2.84. The van der Waals surface area contributed by atoms with Crippen molar-refractivity contribution in [2.45, 2.75) is 18.8 Å². The Morgan fingerprint density at radius 2 is 2.12 bits per heavy atom. The highest BCUT2D eigenvalue weighted by atomic mass is 19.1. The summed E-state index contributed by atoms with van der Waals surface area (Å²) in [5, 5.41) is 18.1. The number of nitrogens with one attached hydrogen (secondary N) is 1. The van der Waals surface area contributed by atoms with Gasteiger partial charge in [0.15, 0.2) is 0 Å². The number of nitro benzene ring substituents is 1. The number of nitrogen functional groups attached to an aromatic ring is 1. The molecule has 1 saturated heterocycles. The molecule has 0 radical (unpaired) electrons. The molecule has 0 spiro atoms. The molecule has 0 bridgehead atoms. The summed E-state index contributed by atoms with van der Waals surface area (Å²) in [6.45, 7) is 1.13. The predicted octanol–water partition coefficient (Wildman–Crippen LogP) is 2.43. The molecule has 3 rings (SSSR count). The van der Waals surface area contributed by atoms with Crippen molar-refractivity contribution in [1.82, 2.24) is 10.2 Å². The molecule has 1 aromatic heterocycles. The maximum atomic E-state index is 14.1. The van der Waals surface area contributed by atoms with Crippen LogP contribution in [-0.2, 0) is 0 Å². The van der Waals surface area contributed by atoms with E-state index in [-0.39, 0.29) is 17.4 Å². The van der Waals surface area contributed by atoms with Gasteiger partial charge in [0.05, 0.1) is 12.0 Å². The third kappa shape index (κ3) is 2.97. The third-order valence-corrected chi connectivity index (χ3v) is 4.33. The van der Waals surface area contributed by atoms with E-state index in [0.29, 0.717) is 18.9 Å². The molecular formula is C15H18FN5O3. The van der Waals surface area contributed by atoms with Crippen LogP contribution in [0.2, 0.25) is 0 Å². The van der Waals surface area contributed by atoms with Gasteiger partial charge >= 0.3 is 5.69 Å². The second-order valence-corrected chi connectivity index (χ2v) is 5.74. The number of benzene rings is 1. The van der Waals surface area contributed by atoms with E-state index < -0.39 is 16.4 Å². The molecule has 9 heteroatoms. The van der Waals surface area contributed by atoms with E-state index in [1.807, 2.05) is 4.90 Å². The van der Waals surface area contributed by atoms with Crippen LogP contribution in [0.15, 0.2) is 18.2 Å². The van der Waals surface area contributed by atoms with Crippen LogP contribution in [0, 0.1) is 15.9 Å². The zero-order valence-electron chi connectivity index (χ0n) is 13.2. The molecule has 8 nitrogen and oxygen atoms in total. The molecule has 0 atom stereocenters. The predicted molar refractivity (Wildman–Crippen MR) is 86.8 cm³/mol. The summed E-state index contributed by atoms with van der Waals surface area (Å²) in [4.78, 5) is 12.4. The van der Waals surface area contributed by atoms with Gasteiger partial charge in [-0.15, -0.1) is 0 Å². The first-order valence-electron chi connectivity index (χ1n) is 7.57. The number of aromatic amines is 1. The highest BCUT2D eigenvalue weighted by molar-refractivity contribution is 5.67. The molecule has 24 heavy (non-hydrogen) atoms. The number of H-pyrrole nitrogens is 1. The normalized spacial score (nSPS) is 15.5. The number of nitro groups is 1. The van der Waals surface area contributed by atoms with Crippen LogP contribution in [0.5, 0.6) is 5.75 Å². The van der Waals surface area contributed by atoms with E-state index in [2.05, 4.69) is 10.2 Å². The van der Waals surface area contributed by atoms with Crippen molar-refractivity contribution in [2.24, 2.45) is 0 Å². The minimum atomic E-state index is -0.891. The lowest BCUT2D eigenvalue weighted by Gasteiger charge is -2.33. The Bertz CT molecular complexity index is 756. The third-order valence-electron chi connectivity index (χ3n) is 4.33. The van der Waals surface area contributed by atoms with Crippen LogP contribution in [0.25, 0.3) is 0 Å². The molecule has 0 amide bonds. The Labute approximate surface area is 137 Å². The van der Waals surface area contributed by atoms with Crippen molar-refractivity contribution < 1.29 is 14.1 Å². The summed E-state index contributed by atoms with van der Waals surface area (Å²) >= 11 is 0. The molecule has 0 aliphatic carbocycles. The quantitative estimate of drug-likeness (QED) is 0.656. The van der Waals surface area contributed by atoms with E-state index in [1.165, 1.54) is 13.2 Å². The summed E-state index contributed by atoms with van der Waals surface area (Å²) in [5.41, 5.74) is 6.31. The monoisotopic (exact) mass is 335 g/mol. The van der Waals surface area contributed by atoms with Gasteiger partial charge in [-0.3, -0.25) is 15.2 Å². The molecule has 0 unspecified atom stereocenters. The summed E-state index contributed by atoms with van der Waals surface area (Å²) in [7, 11) is 1.40. The van der Waals surface area contributed by atoms with Crippen molar-refractivity contribution in [2.75, 3.05) is 30.8 Å². The second kappa shape index (κ2) is 6.34. The Morgan fingerprint density at radius 3 is 2.67 bits per heavy atom. The van der Waals surface area contributed by atoms with Gasteiger partial charge in [0.2, 0.25) is 5.82 Å². The Kier molecular flexibility index (Phi) is 4.24. The number of halogens is 1. The van der Waals surface area contributed by atoms with Crippen LogP contribution in [0.4, 0.5) is 21.6 Å². The topological polar surface area (TPSA) is 110 Å². The average Bonchev–Trinajstić information content (AvgIpc) is 3.00. The maximum absolute atomic E-state index is 14.1. The molecule has 2 heterocycles. The summed E-state index contributed by atoms with van der Waals surface area (Å²) in [6, 6.07) is 4.34. The first-order chi connectivity index (χ1) is 11.5. The molecular weight excluding hydrogens is 317 g/mol. The standard InChI is InChI=1S/C15H18FN5O3/c1-24-10-6-11(16)15(21(22)23)13(7-10)20-4-2-9(3-5-20)12-8-14(17)19-18-12/h6-9H,2-5H2,1H3,(H3,17,18,19). The van der Waals surface area contributed by atoms with Gasteiger partial charge in [0, 0.05) is 42.9 Å². The maximum Gasteiger partial charge on any atom is 0.328 e. The molecule has 2 aromatic rings. The fraction of sp³-hybridized carbons (Fsp3) is 0.400. The minimum Gasteiger partial charge on any atom is -0.497 e. The minimum absolute atomic E-state index is 0.249. The second-order valence-electron chi connectivity index (χ2n) is 5.74. The lowest BCUT2D eigenvalue weighted by molar-refractivity contribution is -0.386. The number of hydrogen-bond donors (Lipinski definition) is 2. The first-order valence-corrected chi connectivity index (χ1v) is 7.57. The van der Waals surface area contributed by atoms with Crippen molar-refractivity contribution in [3.05, 3.63) is 39.8 Å². The molecule has 1 fully saturated rings. The fourth-order valence-corrected chi connectivity index (χ4v) is 3.09. The molecule has 1 aromatic carbocycles. The lowest BCUT2D eigenvalue weighted by atomic mass is 9.93. The highest BCUT2D eigenvalue weighted by Gasteiger charge is 2.29. The lowest BCUT2D eigenvalue weighted by Crippen LogP contribution is -2.33. The van der Waals surface area contributed by atoms with E-state index >= 15 is 0 Å². The SMILES string of the molecule is COc1cc(F)c([N+](=O)[O-])c(N2CCC(c3cc(N)n[nH]3)CC2)c1. The number of anilines is 2. The smallest absolute Gasteiger partial charge is 0.328 e. The molecule has 0 saturated carbocycles. The zero-order chi connectivity index (χ0) is 17.3. The highest BCUT2D eigenvalue weighted by Crippen LogP contribution is 2.38. The Morgan fingerprint density at radius 1 is 1.42 bits per heavy atom. The largest absolute Gasteiger partial charge is 0.497 e. The summed E-state index contributed by atoms with van der Waals surface area (Å²) in [5.74, 6) is 0.0628. The average molecular weight is 335 g/mol. The van der Waals surface area contributed by atoms with E-state index in [1.54, 1.807) is 6.07 Å². The number of ether oxygens (including phenoxy) is 1. The van der Waals surface area contributed by atoms with Gasteiger partial charge in [0.25, 0.3) is 0 Å². The number of nitrogens with two attached hydrogens (primary N) is 1. The molecule has 1 aliphatic rings. The van der Waals surface area contributed by atoms with Crippen molar-refractivity contribution >= 4 is 17.2 Å². The van der Waals surface area contributed by atoms with Gasteiger partial charge in [-0.2, -0.15) is 9.49 Å². The number of hydrogen-bond acceptors (Lipinski definition) is 6. The number of rotatable bonds is 4. The first kappa shape index (κ1) is 16.0. The van der Waals surface area contributed by atoms with Crippen LogP contribution < -0.4 is 15.4 Å². The van der Waals surface area contributed by atoms with E-state index in [0.717, 1.165) is 24.6 Å². The number of piperidine rings is 1. The number of methoxy groups -OCH3 is 1. The van der Waals surface area contributed by atoms with Crippen molar-refractivity contribution in [3.8, 4) is 5.75 Å². The Balaban J connectivity index is 1.83. The van der Waals surface area contributed by atoms with Gasteiger partial charge < -0.3 is 15.4 Å². The van der Waals surface area contributed by atoms with Gasteiger partial charge in [-0.1, -0.05) is 0 Å². The number of nitrogens with zero attached hydrogens (tertiary/aromatic N) is 3. The molecule has 1 aliphatic heterocycles. The van der Waals surface area contributed by atoms with Gasteiger partial charge in [-0.25, -0.2) is 0 Å². The van der Waals surface area contributed by atoms with Crippen LogP contribution in [0.1, 0.15) is 24.5 Å². The van der Waals surface area contributed by atoms with Crippen LogP contribution in [0.3, 0.4) is 0 Å². The van der Waals surface area contributed by atoms with E-state index in [4.69, 9.17) is 10.5 Å². The van der Waals surface area contributed by atoms with Crippen LogP contribution >= 0.6 is 0 Å². The van der Waals surface area contributed by atoms with Gasteiger partial charge in [0.1, 0.15) is 17.3 Å². The zero-order valence-corrected chi connectivity index (χ0v) is 13.2. The van der Waals surface area contributed by atoms with E-state index in [9.17, 15) is 14.5 Å². The fourth-order valence-electron chi connectivity index (χ4n) is 3.09. The number of aromatic nitrogens is 2. The van der Waals surface area contributed by atoms with Crippen molar-refractivity contribution in [3.63, 3.8) is 0 Å². The molecule has 3 N–H and O–H groups in total. The van der Waals surface area contributed by atoms with Gasteiger partial charge in [-0.05, 0) is 12.8 Å². The van der Waals surface area contributed by atoms with Crippen LogP contribution in [-0.4, -0.2) is 35.3 Å². The molecule has 128 valence electrons. The van der Waals surface area contributed by atoms with Crippen molar-refractivity contribution in [1.29, 1.82) is 0 Å². The summed E-state index contributed by atoms with van der Waals surface area (Å²) < 4.78 is 19.1.